The van der Waals surface area contributed by atoms with Crippen LogP contribution in [0.15, 0.2) is 111 Å². The molecule has 0 aliphatic rings. The number of carbonyl (C=O) groups is 1. The number of hydrogen-bond donors (Lipinski definition) is 1. The van der Waals surface area contributed by atoms with Gasteiger partial charge < -0.3 is 9.15 Å². The summed E-state index contributed by atoms with van der Waals surface area (Å²) in [5, 5.41) is 0.713. The van der Waals surface area contributed by atoms with Gasteiger partial charge in [-0.05, 0) is 55.2 Å². The molecule has 1 heterocycles. The molecule has 4 aromatic carbocycles. The first-order valence-electron chi connectivity index (χ1n) is 13.2. The van der Waals surface area contributed by atoms with Gasteiger partial charge in [0, 0.05) is 23.4 Å². The van der Waals surface area contributed by atoms with E-state index in [-0.39, 0.29) is 27.7 Å². The molecule has 0 aliphatic heterocycles. The maximum atomic E-state index is 13.5. The lowest BCUT2D eigenvalue weighted by molar-refractivity contribution is -0.136. The minimum absolute atomic E-state index is 0.0197. The topological polar surface area (TPSA) is 103 Å². The van der Waals surface area contributed by atoms with Gasteiger partial charge >= 0.3 is 11.6 Å². The molecule has 0 aliphatic carbocycles. The average molecular weight is 602 g/mol. The van der Waals surface area contributed by atoms with Crippen LogP contribution in [0.2, 0.25) is 5.02 Å². The van der Waals surface area contributed by atoms with Crippen LogP contribution in [0.25, 0.3) is 11.0 Å². The lowest BCUT2D eigenvalue weighted by Crippen LogP contribution is -2.44. The van der Waals surface area contributed by atoms with Crippen LogP contribution < -0.4 is 15.1 Å². The van der Waals surface area contributed by atoms with Crippen molar-refractivity contribution in [2.24, 2.45) is 0 Å². The number of fused-ring (bicyclic) bond motifs is 1. The van der Waals surface area contributed by atoms with E-state index in [0.29, 0.717) is 22.9 Å². The van der Waals surface area contributed by atoms with Gasteiger partial charge in [-0.3, -0.25) is 0 Å². The number of halogens is 1. The van der Waals surface area contributed by atoms with Crippen LogP contribution in [0, 0.1) is 13.8 Å². The van der Waals surface area contributed by atoms with Crippen LogP contribution in [-0.4, -0.2) is 20.4 Å². The van der Waals surface area contributed by atoms with Crippen molar-refractivity contribution in [3.8, 4) is 5.75 Å². The van der Waals surface area contributed by atoms with Crippen molar-refractivity contribution in [3.63, 3.8) is 0 Å². The highest BCUT2D eigenvalue weighted by molar-refractivity contribution is 7.89. The van der Waals surface area contributed by atoms with E-state index in [1.807, 2.05) is 50.2 Å². The molecule has 1 N–H and O–H groups in total. The molecule has 1 aromatic heterocycles. The molecule has 7 nitrogen and oxygen atoms in total. The van der Waals surface area contributed by atoms with Crippen LogP contribution in [0.1, 0.15) is 27.8 Å². The molecule has 0 saturated carbocycles. The normalized spacial score (nSPS) is 12.3. The van der Waals surface area contributed by atoms with E-state index in [0.717, 1.165) is 16.7 Å². The maximum Gasteiger partial charge on any atom is 0.340 e. The number of benzene rings is 4. The molecule has 42 heavy (non-hydrogen) atoms. The molecule has 1 atom stereocenters. The molecular formula is C33H28ClNO6S. The first-order chi connectivity index (χ1) is 20.1. The number of hydrogen-bond acceptors (Lipinski definition) is 6. The SMILES string of the molecule is Cc1ccc(S(=O)(=O)NC(Cc2ccccc2)C(=O)Oc2cc3oc(=O)c(Cc4ccccc4)c(C)c3cc2Cl)cc1. The second-order valence-electron chi connectivity index (χ2n) is 10.0. The van der Waals surface area contributed by atoms with Crippen LogP contribution in [0.3, 0.4) is 0 Å². The van der Waals surface area contributed by atoms with Gasteiger partial charge in [-0.15, -0.1) is 0 Å². The quantitative estimate of drug-likeness (QED) is 0.123. The van der Waals surface area contributed by atoms with Gasteiger partial charge in [-0.2, -0.15) is 4.72 Å². The Morgan fingerprint density at radius 2 is 1.52 bits per heavy atom. The predicted octanol–water partition coefficient (Wildman–Crippen LogP) is 6.15. The van der Waals surface area contributed by atoms with Gasteiger partial charge in [-0.25, -0.2) is 18.0 Å². The predicted molar refractivity (Wildman–Crippen MR) is 163 cm³/mol. The molecule has 5 rings (SSSR count). The van der Waals surface area contributed by atoms with Crippen LogP contribution in [-0.2, 0) is 27.7 Å². The number of rotatable bonds is 9. The average Bonchev–Trinajstić information content (AvgIpc) is 2.97. The summed E-state index contributed by atoms with van der Waals surface area (Å²) in [5.41, 5.74) is 3.48. The van der Waals surface area contributed by atoms with Crippen LogP contribution >= 0.6 is 11.6 Å². The summed E-state index contributed by atoms with van der Waals surface area (Å²) in [4.78, 5) is 26.4. The smallest absolute Gasteiger partial charge is 0.340 e. The van der Waals surface area contributed by atoms with E-state index in [1.54, 1.807) is 42.5 Å². The highest BCUT2D eigenvalue weighted by Gasteiger charge is 2.29. The molecule has 0 bridgehead atoms. The number of ether oxygens (including phenoxy) is 1. The highest BCUT2D eigenvalue weighted by atomic mass is 35.5. The molecule has 1 unspecified atom stereocenters. The Labute approximate surface area is 248 Å². The summed E-state index contributed by atoms with van der Waals surface area (Å²) in [6.45, 7) is 3.66. The Kier molecular flexibility index (Phi) is 8.59. The summed E-state index contributed by atoms with van der Waals surface area (Å²) in [7, 11) is -4.06. The number of nitrogens with one attached hydrogen (secondary N) is 1. The number of carbonyl (C=O) groups excluding carboxylic acids is 1. The van der Waals surface area contributed by atoms with Crippen molar-refractivity contribution < 1.29 is 22.4 Å². The van der Waals surface area contributed by atoms with Crippen molar-refractivity contribution in [2.75, 3.05) is 0 Å². The first-order valence-corrected chi connectivity index (χ1v) is 15.1. The molecular weight excluding hydrogens is 574 g/mol. The summed E-state index contributed by atoms with van der Waals surface area (Å²) >= 11 is 6.54. The molecule has 9 heteroatoms. The van der Waals surface area contributed by atoms with E-state index >= 15 is 0 Å². The van der Waals surface area contributed by atoms with Gasteiger partial charge in [0.25, 0.3) is 0 Å². The van der Waals surface area contributed by atoms with E-state index in [4.69, 9.17) is 20.8 Å². The minimum Gasteiger partial charge on any atom is -0.424 e. The molecule has 5 aromatic rings. The fourth-order valence-electron chi connectivity index (χ4n) is 4.65. The second kappa shape index (κ2) is 12.3. The van der Waals surface area contributed by atoms with Gasteiger partial charge in [0.05, 0.1) is 9.92 Å². The van der Waals surface area contributed by atoms with Crippen LogP contribution in [0.5, 0.6) is 5.75 Å². The maximum absolute atomic E-state index is 13.5. The summed E-state index contributed by atoms with van der Waals surface area (Å²) in [5.74, 6) is -0.921. The Morgan fingerprint density at radius 1 is 0.905 bits per heavy atom. The van der Waals surface area contributed by atoms with E-state index in [1.165, 1.54) is 18.2 Å². The summed E-state index contributed by atoms with van der Waals surface area (Å²) in [6.07, 6.45) is 0.425. The Bertz CT molecular complexity index is 1900. The van der Waals surface area contributed by atoms with Crippen molar-refractivity contribution in [1.29, 1.82) is 0 Å². The van der Waals surface area contributed by atoms with E-state index < -0.39 is 27.7 Å². The summed E-state index contributed by atoms with van der Waals surface area (Å²) < 4.78 is 40.1. The zero-order valence-electron chi connectivity index (χ0n) is 23.0. The third kappa shape index (κ3) is 6.62. The monoisotopic (exact) mass is 601 g/mol. The molecule has 0 spiro atoms. The Balaban J connectivity index is 1.45. The molecule has 0 fully saturated rings. The lowest BCUT2D eigenvalue weighted by atomic mass is 9.99. The Hall–Kier alpha value is -4.24. The van der Waals surface area contributed by atoms with Crippen molar-refractivity contribution in [1.82, 2.24) is 4.72 Å². The van der Waals surface area contributed by atoms with E-state index in [2.05, 4.69) is 4.72 Å². The fourth-order valence-corrected chi connectivity index (χ4v) is 6.03. The molecule has 0 amide bonds. The molecule has 0 saturated heterocycles. The van der Waals surface area contributed by atoms with Gasteiger partial charge in [-0.1, -0.05) is 90.0 Å². The second-order valence-corrected chi connectivity index (χ2v) is 12.2. The van der Waals surface area contributed by atoms with E-state index in [9.17, 15) is 18.0 Å². The first kappa shape index (κ1) is 29.3. The van der Waals surface area contributed by atoms with Crippen LogP contribution in [0.4, 0.5) is 0 Å². The summed E-state index contributed by atoms with van der Waals surface area (Å²) in [6, 6.07) is 26.5. The number of esters is 1. The third-order valence-corrected chi connectivity index (χ3v) is 8.75. The number of sulfonamides is 1. The van der Waals surface area contributed by atoms with Crippen molar-refractivity contribution >= 4 is 38.6 Å². The molecule has 214 valence electrons. The zero-order valence-corrected chi connectivity index (χ0v) is 24.5. The van der Waals surface area contributed by atoms with Gasteiger partial charge in [0.1, 0.15) is 11.6 Å². The van der Waals surface area contributed by atoms with Crippen molar-refractivity contribution in [3.05, 3.63) is 140 Å². The Morgan fingerprint density at radius 3 is 2.17 bits per heavy atom. The van der Waals surface area contributed by atoms with Gasteiger partial charge in [0.2, 0.25) is 10.0 Å². The number of aryl methyl sites for hydroxylation is 2. The zero-order chi connectivity index (χ0) is 29.9. The van der Waals surface area contributed by atoms with Crippen molar-refractivity contribution in [2.45, 2.75) is 37.6 Å². The lowest BCUT2D eigenvalue weighted by Gasteiger charge is -2.19. The largest absolute Gasteiger partial charge is 0.424 e. The minimum atomic E-state index is -4.06. The molecule has 0 radical (unpaired) electrons. The standard InChI is InChI=1S/C33H28ClNO6S/c1-21-13-15-25(16-14-21)42(38,39)35-29(18-24-11-7-4-8-12-24)33(37)41-31-20-30-26(19-28(31)34)22(2)27(32(36)40-30)17-23-9-5-3-6-10-23/h3-16,19-20,29,35H,17-18H2,1-2H3. The third-order valence-electron chi connectivity index (χ3n) is 6.97. The van der Waals surface area contributed by atoms with Gasteiger partial charge in [0.15, 0.2) is 5.75 Å². The highest BCUT2D eigenvalue weighted by Crippen LogP contribution is 2.33. The fraction of sp³-hybridized carbons (Fsp3) is 0.152.